The van der Waals surface area contributed by atoms with Crippen molar-refractivity contribution in [1.29, 1.82) is 0 Å². The Kier molecular flexibility index (Phi) is 4.29. The molecular weight excluding hydrogens is 247 g/mol. The molecule has 2 atom stereocenters. The largest absolute Gasteiger partial charge is 0.481 e. The summed E-state index contributed by atoms with van der Waals surface area (Å²) in [6.07, 6.45) is -1.92. The number of nitro benzene ring substituents is 1. The maximum atomic E-state index is 13.0. The number of nitrogens with two attached hydrogens (primary N) is 1. The van der Waals surface area contributed by atoms with Gasteiger partial charge in [0.15, 0.2) is 0 Å². The number of benzene rings is 1. The molecule has 0 bridgehead atoms. The van der Waals surface area contributed by atoms with Gasteiger partial charge < -0.3 is 15.9 Å². The van der Waals surface area contributed by atoms with E-state index >= 15 is 0 Å². The summed E-state index contributed by atoms with van der Waals surface area (Å²) >= 11 is 0. The molecule has 0 fully saturated rings. The highest BCUT2D eigenvalue weighted by molar-refractivity contribution is 5.67. The normalized spacial score (nSPS) is 13.9. The molecule has 0 saturated carbocycles. The molecule has 1 rings (SSSR count). The third-order valence-corrected chi connectivity index (χ3v) is 2.32. The van der Waals surface area contributed by atoms with Crippen LogP contribution in [0.5, 0.6) is 0 Å². The second kappa shape index (κ2) is 5.52. The van der Waals surface area contributed by atoms with E-state index in [-0.39, 0.29) is 5.56 Å². The van der Waals surface area contributed by atoms with Crippen molar-refractivity contribution in [2.75, 3.05) is 0 Å². The molecule has 0 radical (unpaired) electrons. The molecule has 1 aromatic rings. The van der Waals surface area contributed by atoms with E-state index in [1.54, 1.807) is 0 Å². The predicted octanol–water partition coefficient (Wildman–Crippen LogP) is 0.569. The zero-order valence-corrected chi connectivity index (χ0v) is 9.12. The number of rotatable bonds is 5. The topological polar surface area (TPSA) is 127 Å². The molecule has 7 nitrogen and oxygen atoms in total. The lowest BCUT2D eigenvalue weighted by Gasteiger charge is -2.17. The zero-order valence-electron chi connectivity index (χ0n) is 9.12. The number of carboxylic acids is 1. The van der Waals surface area contributed by atoms with Gasteiger partial charge in [0.05, 0.1) is 17.4 Å². The van der Waals surface area contributed by atoms with E-state index in [2.05, 4.69) is 0 Å². The van der Waals surface area contributed by atoms with Crippen LogP contribution in [0.25, 0.3) is 0 Å². The molecule has 0 aliphatic heterocycles. The van der Waals surface area contributed by atoms with E-state index in [1.807, 2.05) is 0 Å². The highest BCUT2D eigenvalue weighted by Crippen LogP contribution is 2.24. The molecule has 0 aliphatic carbocycles. The highest BCUT2D eigenvalue weighted by atomic mass is 19.1. The Hall–Kier alpha value is -2.06. The fraction of sp³-hybridized carbons (Fsp3) is 0.300. The first-order valence-corrected chi connectivity index (χ1v) is 4.92. The summed E-state index contributed by atoms with van der Waals surface area (Å²) in [4.78, 5) is 20.0. The maximum absolute atomic E-state index is 13.0. The van der Waals surface area contributed by atoms with Gasteiger partial charge in [0.1, 0.15) is 0 Å². The molecule has 18 heavy (non-hydrogen) atoms. The van der Waals surface area contributed by atoms with Crippen molar-refractivity contribution in [1.82, 2.24) is 0 Å². The molecule has 0 aromatic heterocycles. The molecule has 0 saturated heterocycles. The fourth-order valence-electron chi connectivity index (χ4n) is 1.41. The molecule has 0 aliphatic rings. The van der Waals surface area contributed by atoms with Crippen molar-refractivity contribution in [2.45, 2.75) is 18.6 Å². The summed E-state index contributed by atoms with van der Waals surface area (Å²) in [5.74, 6) is -2.25. The van der Waals surface area contributed by atoms with Crippen molar-refractivity contribution in [3.05, 3.63) is 39.7 Å². The smallest absolute Gasteiger partial charge is 0.305 e. The number of nitro groups is 1. The van der Waals surface area contributed by atoms with Crippen LogP contribution < -0.4 is 5.73 Å². The summed E-state index contributed by atoms with van der Waals surface area (Å²) in [7, 11) is 0. The summed E-state index contributed by atoms with van der Waals surface area (Å²) in [5, 5.41) is 28.7. The van der Waals surface area contributed by atoms with E-state index in [4.69, 9.17) is 10.8 Å². The van der Waals surface area contributed by atoms with E-state index in [0.717, 1.165) is 18.2 Å². The van der Waals surface area contributed by atoms with Crippen LogP contribution in [0.2, 0.25) is 0 Å². The van der Waals surface area contributed by atoms with Gasteiger partial charge in [-0.3, -0.25) is 14.9 Å². The number of halogens is 1. The third kappa shape index (κ3) is 3.22. The first-order valence-electron chi connectivity index (χ1n) is 4.92. The lowest BCUT2D eigenvalue weighted by Crippen LogP contribution is -2.31. The Balaban J connectivity index is 2.99. The Morgan fingerprint density at radius 3 is 2.67 bits per heavy atom. The molecular formula is C10H11FN2O5. The minimum atomic E-state index is -1.42. The second-order valence-corrected chi connectivity index (χ2v) is 3.67. The minimum absolute atomic E-state index is 0.00292. The van der Waals surface area contributed by atoms with Crippen molar-refractivity contribution < 1.29 is 24.3 Å². The Bertz CT molecular complexity index is 479. The van der Waals surface area contributed by atoms with Crippen LogP contribution in [0.1, 0.15) is 18.1 Å². The first kappa shape index (κ1) is 14.0. The third-order valence-electron chi connectivity index (χ3n) is 2.32. The molecule has 2 unspecified atom stereocenters. The van der Waals surface area contributed by atoms with Crippen LogP contribution in [-0.2, 0) is 4.79 Å². The quantitative estimate of drug-likeness (QED) is 0.523. The number of carbonyl (C=O) groups is 1. The van der Waals surface area contributed by atoms with E-state index in [1.165, 1.54) is 0 Å². The van der Waals surface area contributed by atoms with Crippen molar-refractivity contribution >= 4 is 11.7 Å². The van der Waals surface area contributed by atoms with Crippen molar-refractivity contribution in [3.8, 4) is 0 Å². The molecule has 0 spiro atoms. The molecule has 4 N–H and O–H groups in total. The number of aliphatic hydroxyl groups is 1. The SMILES string of the molecule is NC(CC(=O)O)C(O)c1ccc(F)c([N+](=O)[O-])c1. The standard InChI is InChI=1S/C10H11FN2O5/c11-6-2-1-5(3-8(6)13(17)18)10(16)7(12)4-9(14)15/h1-3,7,10,16H,4,12H2,(H,14,15). The van der Waals surface area contributed by atoms with Crippen LogP contribution in [0.15, 0.2) is 18.2 Å². The average molecular weight is 258 g/mol. The van der Waals surface area contributed by atoms with Gasteiger partial charge in [0.2, 0.25) is 5.82 Å². The van der Waals surface area contributed by atoms with Gasteiger partial charge >= 0.3 is 11.7 Å². The second-order valence-electron chi connectivity index (χ2n) is 3.67. The molecule has 1 aromatic carbocycles. The van der Waals surface area contributed by atoms with Gasteiger partial charge in [-0.1, -0.05) is 6.07 Å². The van der Waals surface area contributed by atoms with E-state index in [0.29, 0.717) is 0 Å². The van der Waals surface area contributed by atoms with Crippen molar-refractivity contribution in [2.24, 2.45) is 5.73 Å². The Labute approximate surface area is 101 Å². The minimum Gasteiger partial charge on any atom is -0.481 e. The van der Waals surface area contributed by atoms with Crippen LogP contribution >= 0.6 is 0 Å². The number of carboxylic acid groups (broad SMARTS) is 1. The summed E-state index contributed by atoms with van der Waals surface area (Å²) in [6, 6.07) is 1.65. The number of aliphatic hydroxyl groups excluding tert-OH is 1. The van der Waals surface area contributed by atoms with Gasteiger partial charge in [-0.05, 0) is 11.6 Å². The van der Waals surface area contributed by atoms with Crippen LogP contribution in [-0.4, -0.2) is 27.1 Å². The van der Waals surface area contributed by atoms with Gasteiger partial charge in [-0.2, -0.15) is 4.39 Å². The zero-order chi connectivity index (χ0) is 13.9. The summed E-state index contributed by atoms with van der Waals surface area (Å²) in [5.41, 5.74) is 4.62. The molecule has 8 heteroatoms. The van der Waals surface area contributed by atoms with Gasteiger partial charge in [-0.25, -0.2) is 0 Å². The van der Waals surface area contributed by atoms with Gasteiger partial charge in [-0.15, -0.1) is 0 Å². The average Bonchev–Trinajstić information content (AvgIpc) is 2.27. The first-order chi connectivity index (χ1) is 8.32. The van der Waals surface area contributed by atoms with Crippen molar-refractivity contribution in [3.63, 3.8) is 0 Å². The van der Waals surface area contributed by atoms with E-state index < -0.39 is 41.0 Å². The monoisotopic (exact) mass is 258 g/mol. The molecule has 0 heterocycles. The Morgan fingerprint density at radius 2 is 2.17 bits per heavy atom. The number of nitrogens with zero attached hydrogens (tertiary/aromatic N) is 1. The molecule has 98 valence electrons. The van der Waals surface area contributed by atoms with Gasteiger partial charge in [0.25, 0.3) is 0 Å². The predicted molar refractivity (Wildman–Crippen MR) is 58.2 cm³/mol. The lowest BCUT2D eigenvalue weighted by atomic mass is 10.00. The van der Waals surface area contributed by atoms with Crippen LogP contribution in [0.3, 0.4) is 0 Å². The molecule has 0 amide bonds. The fourth-order valence-corrected chi connectivity index (χ4v) is 1.41. The number of aliphatic carboxylic acids is 1. The number of hydrogen-bond donors (Lipinski definition) is 3. The van der Waals surface area contributed by atoms with Crippen LogP contribution in [0, 0.1) is 15.9 Å². The Morgan fingerprint density at radius 1 is 1.56 bits per heavy atom. The number of hydrogen-bond acceptors (Lipinski definition) is 5. The highest BCUT2D eigenvalue weighted by Gasteiger charge is 2.23. The van der Waals surface area contributed by atoms with E-state index in [9.17, 15) is 24.4 Å². The van der Waals surface area contributed by atoms with Crippen LogP contribution in [0.4, 0.5) is 10.1 Å². The maximum Gasteiger partial charge on any atom is 0.305 e. The summed E-state index contributed by atoms with van der Waals surface area (Å²) < 4.78 is 13.0. The van der Waals surface area contributed by atoms with Gasteiger partial charge in [0, 0.05) is 12.1 Å². The summed E-state index contributed by atoms with van der Waals surface area (Å²) in [6.45, 7) is 0. The lowest BCUT2D eigenvalue weighted by molar-refractivity contribution is -0.387.